The summed E-state index contributed by atoms with van der Waals surface area (Å²) in [5.74, 6) is 0.797. The largest absolute Gasteiger partial charge is 0.484 e. The van der Waals surface area contributed by atoms with Crippen LogP contribution in [0.15, 0.2) is 30.5 Å². The van der Waals surface area contributed by atoms with Crippen molar-refractivity contribution in [1.29, 1.82) is 0 Å². The monoisotopic (exact) mass is 284 g/mol. The van der Waals surface area contributed by atoms with E-state index >= 15 is 0 Å². The number of ether oxygens (including phenoxy) is 1. The second-order valence-electron chi connectivity index (χ2n) is 5.58. The molecule has 2 aromatic rings. The fraction of sp³-hybridized carbons (Fsp3) is 0.353. The number of aryl methyl sites for hydroxylation is 2. The van der Waals surface area contributed by atoms with E-state index in [4.69, 9.17) is 4.74 Å². The number of amides is 1. The molecule has 3 rings (SSSR count). The Kier molecular flexibility index (Phi) is 3.69. The lowest BCUT2D eigenvalue weighted by Crippen LogP contribution is -2.38. The summed E-state index contributed by atoms with van der Waals surface area (Å²) in [6.07, 6.45) is 2.82. The van der Waals surface area contributed by atoms with Crippen molar-refractivity contribution in [3.8, 4) is 5.75 Å². The number of nitrogens with zero attached hydrogens (tertiary/aromatic N) is 1. The molecule has 0 atom stereocenters. The number of carbonyl (C=O) groups excluding carboxylic acids is 1. The molecule has 0 saturated heterocycles. The fourth-order valence-corrected chi connectivity index (χ4v) is 2.60. The van der Waals surface area contributed by atoms with Gasteiger partial charge in [0.25, 0.3) is 5.91 Å². The Labute approximate surface area is 124 Å². The third-order valence-electron chi connectivity index (χ3n) is 4.12. The first kappa shape index (κ1) is 13.7. The standard InChI is InChI=1S/C17H20N2O2/c1-12-3-4-15(9-13(12)2)21-11-17(20)19-8-6-16-14(10-19)5-7-18-16/h3-5,7,9,18H,6,8,10-11H2,1-2H3. The number of aromatic amines is 1. The summed E-state index contributed by atoms with van der Waals surface area (Å²) < 4.78 is 5.63. The molecule has 0 saturated carbocycles. The number of hydrogen-bond acceptors (Lipinski definition) is 2. The van der Waals surface area contributed by atoms with Crippen molar-refractivity contribution in [3.05, 3.63) is 52.8 Å². The second kappa shape index (κ2) is 5.64. The predicted molar refractivity (Wildman–Crippen MR) is 81.3 cm³/mol. The van der Waals surface area contributed by atoms with Crippen LogP contribution >= 0.6 is 0 Å². The number of rotatable bonds is 3. The van der Waals surface area contributed by atoms with Crippen molar-refractivity contribution in [2.45, 2.75) is 26.8 Å². The molecule has 0 bridgehead atoms. The molecular formula is C17H20N2O2. The van der Waals surface area contributed by atoms with Crippen LogP contribution in [0.1, 0.15) is 22.4 Å². The number of benzene rings is 1. The van der Waals surface area contributed by atoms with Crippen LogP contribution in [-0.4, -0.2) is 28.9 Å². The van der Waals surface area contributed by atoms with Crippen LogP contribution in [0, 0.1) is 13.8 Å². The molecule has 1 amide bonds. The average molecular weight is 284 g/mol. The van der Waals surface area contributed by atoms with Gasteiger partial charge < -0.3 is 14.6 Å². The Morgan fingerprint density at radius 2 is 2.14 bits per heavy atom. The van der Waals surface area contributed by atoms with Gasteiger partial charge in [-0.1, -0.05) is 6.07 Å². The zero-order valence-corrected chi connectivity index (χ0v) is 12.5. The highest BCUT2D eigenvalue weighted by Gasteiger charge is 2.21. The molecule has 21 heavy (non-hydrogen) atoms. The van der Waals surface area contributed by atoms with Crippen LogP contribution < -0.4 is 4.74 Å². The maximum Gasteiger partial charge on any atom is 0.260 e. The van der Waals surface area contributed by atoms with Crippen LogP contribution in [-0.2, 0) is 17.8 Å². The molecule has 4 nitrogen and oxygen atoms in total. The predicted octanol–water partition coefficient (Wildman–Crippen LogP) is 2.60. The van der Waals surface area contributed by atoms with E-state index in [1.54, 1.807) is 0 Å². The van der Waals surface area contributed by atoms with Gasteiger partial charge in [0.2, 0.25) is 0 Å². The van der Waals surface area contributed by atoms with Gasteiger partial charge in [0, 0.05) is 31.4 Å². The van der Waals surface area contributed by atoms with Gasteiger partial charge in [0.1, 0.15) is 5.75 Å². The van der Waals surface area contributed by atoms with E-state index in [1.807, 2.05) is 42.3 Å². The highest BCUT2D eigenvalue weighted by molar-refractivity contribution is 5.78. The zero-order valence-electron chi connectivity index (χ0n) is 12.5. The SMILES string of the molecule is Cc1ccc(OCC(=O)N2CCc3[nH]ccc3C2)cc1C. The lowest BCUT2D eigenvalue weighted by molar-refractivity contribution is -0.134. The maximum absolute atomic E-state index is 12.2. The van der Waals surface area contributed by atoms with Gasteiger partial charge >= 0.3 is 0 Å². The van der Waals surface area contributed by atoms with E-state index < -0.39 is 0 Å². The van der Waals surface area contributed by atoms with Gasteiger partial charge in [-0.3, -0.25) is 4.79 Å². The minimum Gasteiger partial charge on any atom is -0.484 e. The molecule has 0 fully saturated rings. The highest BCUT2D eigenvalue weighted by Crippen LogP contribution is 2.19. The lowest BCUT2D eigenvalue weighted by Gasteiger charge is -2.27. The minimum absolute atomic E-state index is 0.0417. The number of carbonyl (C=O) groups is 1. The normalized spacial score (nSPS) is 13.9. The molecule has 1 aliphatic rings. The van der Waals surface area contributed by atoms with Crippen LogP contribution in [0.3, 0.4) is 0 Å². The third kappa shape index (κ3) is 2.94. The Balaban J connectivity index is 1.58. The van der Waals surface area contributed by atoms with Crippen LogP contribution in [0.4, 0.5) is 0 Å². The lowest BCUT2D eigenvalue weighted by atomic mass is 10.1. The van der Waals surface area contributed by atoms with Crippen molar-refractivity contribution < 1.29 is 9.53 Å². The smallest absolute Gasteiger partial charge is 0.260 e. The molecule has 1 aromatic heterocycles. The number of nitrogens with one attached hydrogen (secondary N) is 1. The molecule has 4 heteroatoms. The average Bonchev–Trinajstić information content (AvgIpc) is 2.95. The highest BCUT2D eigenvalue weighted by atomic mass is 16.5. The van der Waals surface area contributed by atoms with Crippen molar-refractivity contribution >= 4 is 5.91 Å². The van der Waals surface area contributed by atoms with Crippen LogP contribution in [0.25, 0.3) is 0 Å². The van der Waals surface area contributed by atoms with E-state index in [9.17, 15) is 4.79 Å². The van der Waals surface area contributed by atoms with Gasteiger partial charge in [0.05, 0.1) is 0 Å². The van der Waals surface area contributed by atoms with Gasteiger partial charge in [-0.25, -0.2) is 0 Å². The Bertz CT molecular complexity index is 661. The summed E-state index contributed by atoms with van der Waals surface area (Å²) in [5, 5.41) is 0. The number of hydrogen-bond donors (Lipinski definition) is 1. The van der Waals surface area contributed by atoms with Crippen molar-refractivity contribution in [2.24, 2.45) is 0 Å². The van der Waals surface area contributed by atoms with Crippen molar-refractivity contribution in [1.82, 2.24) is 9.88 Å². The first-order valence-electron chi connectivity index (χ1n) is 7.26. The Hall–Kier alpha value is -2.23. The van der Waals surface area contributed by atoms with Crippen LogP contribution in [0.5, 0.6) is 5.75 Å². The van der Waals surface area contributed by atoms with Gasteiger partial charge in [-0.2, -0.15) is 0 Å². The summed E-state index contributed by atoms with van der Waals surface area (Å²) in [4.78, 5) is 17.3. The van der Waals surface area contributed by atoms with E-state index in [-0.39, 0.29) is 12.5 Å². The zero-order chi connectivity index (χ0) is 14.8. The van der Waals surface area contributed by atoms with E-state index in [0.717, 1.165) is 18.7 Å². The van der Waals surface area contributed by atoms with Crippen molar-refractivity contribution in [3.63, 3.8) is 0 Å². The molecular weight excluding hydrogens is 264 g/mol. The molecule has 0 spiro atoms. The molecule has 0 aliphatic carbocycles. The quantitative estimate of drug-likeness (QED) is 0.941. The van der Waals surface area contributed by atoms with Gasteiger partial charge in [-0.15, -0.1) is 0 Å². The molecule has 0 radical (unpaired) electrons. The first-order chi connectivity index (χ1) is 10.1. The maximum atomic E-state index is 12.2. The van der Waals surface area contributed by atoms with E-state index in [0.29, 0.717) is 6.54 Å². The Morgan fingerprint density at radius 3 is 2.95 bits per heavy atom. The van der Waals surface area contributed by atoms with Crippen LogP contribution in [0.2, 0.25) is 0 Å². The number of H-pyrrole nitrogens is 1. The summed E-state index contributed by atoms with van der Waals surface area (Å²) in [6.45, 7) is 5.63. The Morgan fingerprint density at radius 1 is 1.29 bits per heavy atom. The number of aromatic nitrogens is 1. The van der Waals surface area contributed by atoms with E-state index in [2.05, 4.69) is 11.9 Å². The topological polar surface area (TPSA) is 45.3 Å². The molecule has 2 heterocycles. The minimum atomic E-state index is 0.0417. The third-order valence-corrected chi connectivity index (χ3v) is 4.12. The van der Waals surface area contributed by atoms with Gasteiger partial charge in [-0.05, 0) is 48.7 Å². The molecule has 1 aromatic carbocycles. The summed E-state index contributed by atoms with van der Waals surface area (Å²) in [6, 6.07) is 7.94. The summed E-state index contributed by atoms with van der Waals surface area (Å²) >= 11 is 0. The van der Waals surface area contributed by atoms with E-state index in [1.165, 1.54) is 22.4 Å². The second-order valence-corrected chi connectivity index (χ2v) is 5.58. The molecule has 1 N–H and O–H groups in total. The summed E-state index contributed by atoms with van der Waals surface area (Å²) in [7, 11) is 0. The fourth-order valence-electron chi connectivity index (χ4n) is 2.60. The molecule has 0 unspecified atom stereocenters. The van der Waals surface area contributed by atoms with Crippen molar-refractivity contribution in [2.75, 3.05) is 13.2 Å². The molecule has 110 valence electrons. The summed E-state index contributed by atoms with van der Waals surface area (Å²) in [5.41, 5.74) is 4.86. The van der Waals surface area contributed by atoms with Gasteiger partial charge in [0.15, 0.2) is 6.61 Å². The first-order valence-corrected chi connectivity index (χ1v) is 7.26. The molecule has 1 aliphatic heterocycles. The number of fused-ring (bicyclic) bond motifs is 1.